The van der Waals surface area contributed by atoms with Gasteiger partial charge in [-0.3, -0.25) is 0 Å². The first-order valence-electron chi connectivity index (χ1n) is 8.21. The van der Waals surface area contributed by atoms with E-state index in [1.807, 2.05) is 0 Å². The van der Waals surface area contributed by atoms with Crippen molar-refractivity contribution in [3.63, 3.8) is 0 Å². The molecule has 0 aromatic heterocycles. The summed E-state index contributed by atoms with van der Waals surface area (Å²) in [5.41, 5.74) is 12.3. The summed E-state index contributed by atoms with van der Waals surface area (Å²) in [6.45, 7) is 11.3. The van der Waals surface area contributed by atoms with Gasteiger partial charge in [0.2, 0.25) is 0 Å². The summed E-state index contributed by atoms with van der Waals surface area (Å²) >= 11 is 0. The molecule has 0 amide bonds. The van der Waals surface area contributed by atoms with E-state index in [4.69, 9.17) is 5.73 Å². The number of nitrogens with two attached hydrogens (primary N) is 1. The van der Waals surface area contributed by atoms with Gasteiger partial charge in [0.25, 0.3) is 0 Å². The van der Waals surface area contributed by atoms with Crippen LogP contribution in [0.2, 0.25) is 0 Å². The normalized spacial score (nSPS) is 27.6. The number of rotatable bonds is 2. The zero-order valence-electron chi connectivity index (χ0n) is 13.9. The van der Waals surface area contributed by atoms with E-state index in [9.17, 15) is 0 Å². The van der Waals surface area contributed by atoms with Crippen molar-refractivity contribution in [2.75, 3.05) is 0 Å². The maximum Gasteiger partial charge on any atom is 0.0412 e. The molecule has 1 aliphatic rings. The van der Waals surface area contributed by atoms with Crippen LogP contribution in [-0.4, -0.2) is 0 Å². The third kappa shape index (κ3) is 3.09. The molecule has 1 aromatic rings. The lowest BCUT2D eigenvalue weighted by Gasteiger charge is -2.31. The highest BCUT2D eigenvalue weighted by molar-refractivity contribution is 5.40. The van der Waals surface area contributed by atoms with Crippen LogP contribution in [0.25, 0.3) is 0 Å². The van der Waals surface area contributed by atoms with Crippen LogP contribution >= 0.6 is 0 Å². The highest BCUT2D eigenvalue weighted by Crippen LogP contribution is 2.39. The first kappa shape index (κ1) is 15.6. The standard InChI is InChI=1S/C19H31N/c1-13(2)17-7-6-9-19(20,10-8-17)18-12-15(4)14(3)11-16(18)5/h11-13,17H,6-10,20H2,1-5H3. The molecular formula is C19H31N. The maximum absolute atomic E-state index is 6.86. The number of hydrogen-bond donors (Lipinski definition) is 1. The van der Waals surface area contributed by atoms with Crippen LogP contribution in [0.4, 0.5) is 0 Å². The Morgan fingerprint density at radius 1 is 1.00 bits per heavy atom. The average Bonchev–Trinajstić information content (AvgIpc) is 2.57. The Balaban J connectivity index is 2.29. The van der Waals surface area contributed by atoms with Crippen molar-refractivity contribution < 1.29 is 0 Å². The van der Waals surface area contributed by atoms with Gasteiger partial charge in [-0.2, -0.15) is 0 Å². The summed E-state index contributed by atoms with van der Waals surface area (Å²) in [6.07, 6.45) is 6.17. The van der Waals surface area contributed by atoms with E-state index in [0.717, 1.165) is 24.7 Å². The zero-order valence-corrected chi connectivity index (χ0v) is 13.9. The molecule has 1 saturated carbocycles. The molecule has 0 aliphatic heterocycles. The van der Waals surface area contributed by atoms with Crippen LogP contribution in [-0.2, 0) is 5.54 Å². The summed E-state index contributed by atoms with van der Waals surface area (Å²) in [5.74, 6) is 1.64. The van der Waals surface area contributed by atoms with Crippen LogP contribution in [0.1, 0.15) is 68.2 Å². The first-order chi connectivity index (χ1) is 9.33. The van der Waals surface area contributed by atoms with E-state index >= 15 is 0 Å². The lowest BCUT2D eigenvalue weighted by Crippen LogP contribution is -2.37. The molecule has 0 radical (unpaired) electrons. The largest absolute Gasteiger partial charge is 0.321 e. The maximum atomic E-state index is 6.86. The van der Waals surface area contributed by atoms with Crippen LogP contribution < -0.4 is 5.73 Å². The molecule has 0 bridgehead atoms. The Morgan fingerprint density at radius 3 is 2.30 bits per heavy atom. The fourth-order valence-corrected chi connectivity index (χ4v) is 3.82. The molecule has 2 rings (SSSR count). The van der Waals surface area contributed by atoms with Gasteiger partial charge in [-0.05, 0) is 74.1 Å². The highest BCUT2D eigenvalue weighted by Gasteiger charge is 2.33. The molecule has 0 heterocycles. The number of benzene rings is 1. The molecule has 2 unspecified atom stereocenters. The van der Waals surface area contributed by atoms with Gasteiger partial charge in [-0.1, -0.05) is 38.8 Å². The van der Waals surface area contributed by atoms with Crippen LogP contribution in [0.5, 0.6) is 0 Å². The minimum Gasteiger partial charge on any atom is -0.321 e. The second-order valence-corrected chi connectivity index (χ2v) is 7.34. The summed E-state index contributed by atoms with van der Waals surface area (Å²) in [4.78, 5) is 0. The molecule has 1 aliphatic carbocycles. The van der Waals surface area contributed by atoms with E-state index in [0.29, 0.717) is 0 Å². The van der Waals surface area contributed by atoms with Crippen LogP contribution in [0.3, 0.4) is 0 Å². The Labute approximate surface area is 125 Å². The van der Waals surface area contributed by atoms with Crippen LogP contribution in [0.15, 0.2) is 12.1 Å². The Morgan fingerprint density at radius 2 is 1.65 bits per heavy atom. The smallest absolute Gasteiger partial charge is 0.0412 e. The Bertz CT molecular complexity index is 475. The van der Waals surface area contributed by atoms with Gasteiger partial charge in [0.15, 0.2) is 0 Å². The SMILES string of the molecule is Cc1cc(C)c(C2(N)CCCC(C(C)C)CC2)cc1C. The number of hydrogen-bond acceptors (Lipinski definition) is 1. The molecule has 1 fully saturated rings. The van der Waals surface area contributed by atoms with Crippen molar-refractivity contribution in [2.24, 2.45) is 17.6 Å². The second kappa shape index (κ2) is 5.89. The van der Waals surface area contributed by atoms with E-state index in [2.05, 4.69) is 46.8 Å². The average molecular weight is 273 g/mol. The predicted octanol–water partition coefficient (Wildman–Crippen LogP) is 5.00. The molecule has 112 valence electrons. The van der Waals surface area contributed by atoms with Gasteiger partial charge in [0, 0.05) is 5.54 Å². The minimum atomic E-state index is -0.105. The molecule has 0 saturated heterocycles. The molecule has 20 heavy (non-hydrogen) atoms. The quantitative estimate of drug-likeness (QED) is 0.754. The fourth-order valence-electron chi connectivity index (χ4n) is 3.82. The molecule has 2 atom stereocenters. The molecular weight excluding hydrogens is 242 g/mol. The summed E-state index contributed by atoms with van der Waals surface area (Å²) in [6, 6.07) is 4.66. The number of aryl methyl sites for hydroxylation is 3. The molecule has 2 N–H and O–H groups in total. The minimum absolute atomic E-state index is 0.105. The zero-order chi connectivity index (χ0) is 14.9. The van der Waals surface area contributed by atoms with Crippen molar-refractivity contribution in [1.29, 1.82) is 0 Å². The van der Waals surface area contributed by atoms with Gasteiger partial charge in [0.05, 0.1) is 0 Å². The van der Waals surface area contributed by atoms with Crippen molar-refractivity contribution in [3.8, 4) is 0 Å². The topological polar surface area (TPSA) is 26.0 Å². The Hall–Kier alpha value is -0.820. The lowest BCUT2D eigenvalue weighted by atomic mass is 9.79. The van der Waals surface area contributed by atoms with Crippen molar-refractivity contribution in [2.45, 2.75) is 72.3 Å². The second-order valence-electron chi connectivity index (χ2n) is 7.34. The van der Waals surface area contributed by atoms with E-state index in [1.54, 1.807) is 0 Å². The highest BCUT2D eigenvalue weighted by atomic mass is 14.7. The third-order valence-electron chi connectivity index (χ3n) is 5.48. The van der Waals surface area contributed by atoms with Gasteiger partial charge < -0.3 is 5.73 Å². The van der Waals surface area contributed by atoms with Crippen LogP contribution in [0, 0.1) is 32.6 Å². The van der Waals surface area contributed by atoms with Gasteiger partial charge in [0.1, 0.15) is 0 Å². The van der Waals surface area contributed by atoms with Gasteiger partial charge in [-0.15, -0.1) is 0 Å². The molecule has 1 aromatic carbocycles. The Kier molecular flexibility index (Phi) is 4.59. The lowest BCUT2D eigenvalue weighted by molar-refractivity contribution is 0.325. The van der Waals surface area contributed by atoms with Crippen molar-refractivity contribution >= 4 is 0 Å². The molecule has 1 heteroatoms. The summed E-state index contributed by atoms with van der Waals surface area (Å²) in [5, 5.41) is 0. The summed E-state index contributed by atoms with van der Waals surface area (Å²) < 4.78 is 0. The fraction of sp³-hybridized carbons (Fsp3) is 0.684. The van der Waals surface area contributed by atoms with Gasteiger partial charge in [-0.25, -0.2) is 0 Å². The summed E-state index contributed by atoms with van der Waals surface area (Å²) in [7, 11) is 0. The van der Waals surface area contributed by atoms with Gasteiger partial charge >= 0.3 is 0 Å². The third-order valence-corrected chi connectivity index (χ3v) is 5.48. The van der Waals surface area contributed by atoms with E-state index in [-0.39, 0.29) is 5.54 Å². The predicted molar refractivity (Wildman–Crippen MR) is 87.9 cm³/mol. The van der Waals surface area contributed by atoms with Crippen molar-refractivity contribution in [3.05, 3.63) is 34.4 Å². The van der Waals surface area contributed by atoms with E-state index < -0.39 is 0 Å². The van der Waals surface area contributed by atoms with Crippen molar-refractivity contribution in [1.82, 2.24) is 0 Å². The first-order valence-corrected chi connectivity index (χ1v) is 8.21. The van der Waals surface area contributed by atoms with E-state index in [1.165, 1.54) is 41.5 Å². The molecule has 1 nitrogen and oxygen atoms in total. The molecule has 0 spiro atoms. The monoisotopic (exact) mass is 273 g/mol.